The van der Waals surface area contributed by atoms with Crippen LogP contribution in [0.25, 0.3) is 10.9 Å². The number of methoxy groups -OCH3 is 2. The fraction of sp³-hybridized carbons (Fsp3) is 0.348. The van der Waals surface area contributed by atoms with E-state index in [1.165, 1.54) is 25.1 Å². The fourth-order valence-electron chi connectivity index (χ4n) is 3.55. The molecule has 0 bridgehead atoms. The van der Waals surface area contributed by atoms with E-state index >= 15 is 0 Å². The maximum atomic E-state index is 12.9. The molecule has 3 aromatic rings. The summed E-state index contributed by atoms with van der Waals surface area (Å²) in [7, 11) is 3.03. The molecule has 9 nitrogen and oxygen atoms in total. The van der Waals surface area contributed by atoms with E-state index in [2.05, 4.69) is 10.3 Å². The number of halogens is 1. The van der Waals surface area contributed by atoms with Crippen molar-refractivity contribution in [1.29, 1.82) is 0 Å². The highest BCUT2D eigenvalue weighted by atomic mass is 35.5. The Hall–Kier alpha value is -3.46. The standard InChI is InChI=1S/C23H24ClN3O6/c1-30-18-9-14-16(11-19(18)31-2)25-13-27(23(14)29)6-3-5-22(28)26-17-12-21-20(10-15(17)24)32-7-4-8-33-21/h9-13H,3-8H2,1-2H3,(H,26,28). The molecule has 1 aliphatic heterocycles. The lowest BCUT2D eigenvalue weighted by Gasteiger charge is -2.13. The van der Waals surface area contributed by atoms with Crippen LogP contribution in [0.3, 0.4) is 0 Å². The quantitative estimate of drug-likeness (QED) is 0.559. The molecular weight excluding hydrogens is 450 g/mol. The van der Waals surface area contributed by atoms with Gasteiger partial charge in [-0.05, 0) is 12.5 Å². The number of ether oxygens (including phenoxy) is 4. The van der Waals surface area contributed by atoms with E-state index in [0.29, 0.717) is 70.8 Å². The summed E-state index contributed by atoms with van der Waals surface area (Å²) < 4.78 is 23.3. The maximum absolute atomic E-state index is 12.9. The van der Waals surface area contributed by atoms with Crippen LogP contribution in [0.5, 0.6) is 23.0 Å². The van der Waals surface area contributed by atoms with Gasteiger partial charge in [-0.2, -0.15) is 0 Å². The van der Waals surface area contributed by atoms with Crippen LogP contribution in [0.1, 0.15) is 19.3 Å². The predicted octanol–water partition coefficient (Wildman–Crippen LogP) is 3.65. The molecule has 0 fully saturated rings. The first kappa shape index (κ1) is 22.7. The number of rotatable bonds is 7. The zero-order valence-corrected chi connectivity index (χ0v) is 19.1. The Morgan fingerprint density at radius 2 is 1.82 bits per heavy atom. The predicted molar refractivity (Wildman–Crippen MR) is 124 cm³/mol. The molecule has 1 N–H and O–H groups in total. The summed E-state index contributed by atoms with van der Waals surface area (Å²) in [6.07, 6.45) is 2.88. The molecule has 0 atom stereocenters. The molecule has 0 saturated carbocycles. The van der Waals surface area contributed by atoms with Crippen LogP contribution < -0.4 is 29.8 Å². The number of aromatic nitrogens is 2. The Bertz CT molecular complexity index is 1240. The van der Waals surface area contributed by atoms with Gasteiger partial charge >= 0.3 is 0 Å². The molecule has 4 rings (SSSR count). The zero-order valence-electron chi connectivity index (χ0n) is 18.4. The number of benzene rings is 2. The number of amides is 1. The van der Waals surface area contributed by atoms with Crippen molar-refractivity contribution in [2.24, 2.45) is 0 Å². The third-order valence-corrected chi connectivity index (χ3v) is 5.56. The minimum atomic E-state index is -0.223. The molecule has 1 aromatic heterocycles. The molecule has 1 aliphatic rings. The summed E-state index contributed by atoms with van der Waals surface area (Å²) in [6.45, 7) is 1.42. The van der Waals surface area contributed by atoms with E-state index < -0.39 is 0 Å². The van der Waals surface area contributed by atoms with Gasteiger partial charge in [-0.15, -0.1) is 0 Å². The van der Waals surface area contributed by atoms with Gasteiger partial charge in [0.05, 0.1) is 55.4 Å². The third kappa shape index (κ3) is 4.98. The molecule has 0 unspecified atom stereocenters. The first-order valence-electron chi connectivity index (χ1n) is 10.5. The SMILES string of the molecule is COc1cc2ncn(CCCC(=O)Nc3cc4c(cc3Cl)OCCCO4)c(=O)c2cc1OC. The van der Waals surface area contributed by atoms with Gasteiger partial charge in [-0.25, -0.2) is 4.98 Å². The van der Waals surface area contributed by atoms with E-state index in [1.807, 2.05) is 0 Å². The second kappa shape index (κ2) is 9.99. The van der Waals surface area contributed by atoms with E-state index in [0.717, 1.165) is 6.42 Å². The van der Waals surface area contributed by atoms with E-state index in [9.17, 15) is 9.59 Å². The third-order valence-electron chi connectivity index (χ3n) is 5.24. The summed E-state index contributed by atoms with van der Waals surface area (Å²) in [5.41, 5.74) is 0.750. The van der Waals surface area contributed by atoms with Gasteiger partial charge < -0.3 is 24.3 Å². The van der Waals surface area contributed by atoms with Crippen LogP contribution in [0.2, 0.25) is 5.02 Å². The molecule has 1 amide bonds. The second-order valence-electron chi connectivity index (χ2n) is 7.45. The average molecular weight is 474 g/mol. The molecule has 0 aliphatic carbocycles. The van der Waals surface area contributed by atoms with Crippen molar-refractivity contribution >= 4 is 34.1 Å². The van der Waals surface area contributed by atoms with Crippen molar-refractivity contribution in [3.8, 4) is 23.0 Å². The molecule has 2 aromatic carbocycles. The Kier molecular flexibility index (Phi) is 6.88. The summed E-state index contributed by atoms with van der Waals surface area (Å²) in [4.78, 5) is 29.7. The zero-order chi connectivity index (χ0) is 23.4. The largest absolute Gasteiger partial charge is 0.493 e. The number of aryl methyl sites for hydroxylation is 1. The molecule has 174 valence electrons. The van der Waals surface area contributed by atoms with Gasteiger partial charge in [-0.1, -0.05) is 11.6 Å². The molecule has 10 heteroatoms. The highest BCUT2D eigenvalue weighted by Crippen LogP contribution is 2.37. The number of hydrogen-bond acceptors (Lipinski definition) is 7. The second-order valence-corrected chi connectivity index (χ2v) is 7.86. The molecule has 33 heavy (non-hydrogen) atoms. The molecule has 0 saturated heterocycles. The molecule has 0 radical (unpaired) electrons. The topological polar surface area (TPSA) is 101 Å². The van der Waals surface area contributed by atoms with Crippen molar-refractivity contribution in [1.82, 2.24) is 9.55 Å². The fourth-order valence-corrected chi connectivity index (χ4v) is 3.75. The smallest absolute Gasteiger partial charge is 0.261 e. The minimum absolute atomic E-state index is 0.196. The monoisotopic (exact) mass is 473 g/mol. The van der Waals surface area contributed by atoms with Crippen LogP contribution in [-0.2, 0) is 11.3 Å². The van der Waals surface area contributed by atoms with Gasteiger partial charge in [-0.3, -0.25) is 14.2 Å². The van der Waals surface area contributed by atoms with Gasteiger partial charge in [0.25, 0.3) is 5.56 Å². The first-order valence-corrected chi connectivity index (χ1v) is 10.9. The number of hydrogen-bond donors (Lipinski definition) is 1. The van der Waals surface area contributed by atoms with Crippen molar-refractivity contribution < 1.29 is 23.7 Å². The Labute approximate surface area is 195 Å². The maximum Gasteiger partial charge on any atom is 0.261 e. The van der Waals surface area contributed by atoms with E-state index in [-0.39, 0.29) is 17.9 Å². The van der Waals surface area contributed by atoms with Gasteiger partial charge in [0.2, 0.25) is 5.91 Å². The van der Waals surface area contributed by atoms with Crippen molar-refractivity contribution in [3.63, 3.8) is 0 Å². The lowest BCUT2D eigenvalue weighted by Crippen LogP contribution is -2.22. The molecule has 0 spiro atoms. The van der Waals surface area contributed by atoms with Crippen molar-refractivity contribution in [3.05, 3.63) is 46.0 Å². The van der Waals surface area contributed by atoms with Gasteiger partial charge in [0, 0.05) is 37.6 Å². The van der Waals surface area contributed by atoms with Crippen molar-refractivity contribution in [2.75, 3.05) is 32.8 Å². The molecular formula is C23H24ClN3O6. The summed E-state index contributed by atoms with van der Waals surface area (Å²) in [5, 5.41) is 3.58. The minimum Gasteiger partial charge on any atom is -0.493 e. The number of nitrogens with one attached hydrogen (secondary N) is 1. The Morgan fingerprint density at radius 3 is 2.55 bits per heavy atom. The number of carbonyl (C=O) groups excluding carboxylic acids is 1. The number of anilines is 1. The lowest BCUT2D eigenvalue weighted by molar-refractivity contribution is -0.116. The van der Waals surface area contributed by atoms with Crippen LogP contribution in [0.15, 0.2) is 35.4 Å². The van der Waals surface area contributed by atoms with E-state index in [1.54, 1.807) is 24.3 Å². The van der Waals surface area contributed by atoms with Crippen LogP contribution >= 0.6 is 11.6 Å². The highest BCUT2D eigenvalue weighted by molar-refractivity contribution is 6.34. The Morgan fingerprint density at radius 1 is 1.12 bits per heavy atom. The first-order chi connectivity index (χ1) is 16.0. The normalized spacial score (nSPS) is 12.8. The highest BCUT2D eigenvalue weighted by Gasteiger charge is 2.16. The number of carbonyl (C=O) groups is 1. The molecule has 2 heterocycles. The summed E-state index contributed by atoms with van der Waals surface area (Å²) >= 11 is 6.29. The van der Waals surface area contributed by atoms with Crippen molar-refractivity contribution in [2.45, 2.75) is 25.8 Å². The number of fused-ring (bicyclic) bond motifs is 2. The van der Waals surface area contributed by atoms with Gasteiger partial charge in [0.1, 0.15) is 0 Å². The number of nitrogens with zero attached hydrogens (tertiary/aromatic N) is 2. The van der Waals surface area contributed by atoms with Gasteiger partial charge in [0.15, 0.2) is 23.0 Å². The van der Waals surface area contributed by atoms with Crippen LogP contribution in [-0.4, -0.2) is 42.9 Å². The lowest BCUT2D eigenvalue weighted by atomic mass is 10.2. The van der Waals surface area contributed by atoms with E-state index in [4.69, 9.17) is 30.5 Å². The average Bonchev–Trinajstić information content (AvgIpc) is 3.05. The summed E-state index contributed by atoms with van der Waals surface area (Å²) in [5.74, 6) is 1.84. The summed E-state index contributed by atoms with van der Waals surface area (Å²) in [6, 6.07) is 6.58. The Balaban J connectivity index is 1.41. The van der Waals surface area contributed by atoms with Crippen LogP contribution in [0.4, 0.5) is 5.69 Å². The van der Waals surface area contributed by atoms with Crippen LogP contribution in [0, 0.1) is 0 Å².